The summed E-state index contributed by atoms with van der Waals surface area (Å²) in [5.41, 5.74) is 0.187. The Morgan fingerprint density at radius 1 is 1.42 bits per heavy atom. The van der Waals surface area contributed by atoms with Crippen LogP contribution in [0.3, 0.4) is 0 Å². The second-order valence-electron chi connectivity index (χ2n) is 4.50. The highest BCUT2D eigenvalue weighted by atomic mass is 19.3. The first kappa shape index (κ1) is 12.3. The van der Waals surface area contributed by atoms with Crippen molar-refractivity contribution in [2.75, 3.05) is 13.1 Å². The molecule has 2 aromatic rings. The lowest BCUT2D eigenvalue weighted by molar-refractivity contribution is 0.144. The number of aromatic nitrogens is 3. The van der Waals surface area contributed by atoms with Crippen molar-refractivity contribution in [3.05, 3.63) is 24.3 Å². The molecule has 3 heterocycles. The molecule has 0 bridgehead atoms. The summed E-state index contributed by atoms with van der Waals surface area (Å²) in [5.74, 6) is 0.308. The van der Waals surface area contributed by atoms with Crippen molar-refractivity contribution < 1.29 is 13.5 Å². The summed E-state index contributed by atoms with van der Waals surface area (Å²) in [6.07, 6.45) is 3.49. The van der Waals surface area contributed by atoms with Gasteiger partial charge in [0.25, 0.3) is 12.3 Å². The van der Waals surface area contributed by atoms with Crippen molar-refractivity contribution in [1.29, 1.82) is 0 Å². The molecule has 1 N–H and O–H groups in total. The third kappa shape index (κ3) is 2.37. The fourth-order valence-electron chi connectivity index (χ4n) is 2.24. The number of alkyl halides is 2. The van der Waals surface area contributed by atoms with Crippen LogP contribution in [-0.4, -0.2) is 33.6 Å². The van der Waals surface area contributed by atoms with Gasteiger partial charge in [0.05, 0.1) is 6.20 Å². The first-order valence-electron chi connectivity index (χ1n) is 6.23. The van der Waals surface area contributed by atoms with Crippen molar-refractivity contribution in [1.82, 2.24) is 19.7 Å². The van der Waals surface area contributed by atoms with Crippen LogP contribution >= 0.6 is 0 Å². The SMILES string of the molecule is FC(F)c1cnc2c(OC3CCCNC3)nccn12. The van der Waals surface area contributed by atoms with E-state index in [1.807, 2.05) is 0 Å². The van der Waals surface area contributed by atoms with Crippen LogP contribution in [0.4, 0.5) is 8.78 Å². The molecule has 7 heteroatoms. The number of fused-ring (bicyclic) bond motifs is 1. The summed E-state index contributed by atoms with van der Waals surface area (Å²) in [4.78, 5) is 8.08. The van der Waals surface area contributed by atoms with E-state index in [2.05, 4.69) is 15.3 Å². The predicted octanol–water partition coefficient (Wildman–Crippen LogP) is 1.80. The lowest BCUT2D eigenvalue weighted by Crippen LogP contribution is -2.37. The summed E-state index contributed by atoms with van der Waals surface area (Å²) in [5, 5.41) is 3.23. The maximum absolute atomic E-state index is 12.8. The van der Waals surface area contributed by atoms with E-state index < -0.39 is 6.43 Å². The van der Waals surface area contributed by atoms with E-state index in [0.29, 0.717) is 11.5 Å². The summed E-state index contributed by atoms with van der Waals surface area (Å²) in [6.45, 7) is 1.72. The van der Waals surface area contributed by atoms with Crippen LogP contribution in [0, 0.1) is 0 Å². The zero-order valence-electron chi connectivity index (χ0n) is 10.2. The zero-order valence-corrected chi connectivity index (χ0v) is 10.2. The van der Waals surface area contributed by atoms with Gasteiger partial charge in [-0.05, 0) is 19.4 Å². The van der Waals surface area contributed by atoms with Crippen molar-refractivity contribution in [3.63, 3.8) is 0 Å². The number of hydrogen-bond acceptors (Lipinski definition) is 4. The zero-order chi connectivity index (χ0) is 13.2. The minimum Gasteiger partial charge on any atom is -0.470 e. The highest BCUT2D eigenvalue weighted by Crippen LogP contribution is 2.24. The molecule has 0 aliphatic carbocycles. The Kier molecular flexibility index (Phi) is 3.29. The number of nitrogens with one attached hydrogen (secondary N) is 1. The molecule has 0 spiro atoms. The van der Waals surface area contributed by atoms with Crippen LogP contribution in [0.25, 0.3) is 5.65 Å². The third-order valence-electron chi connectivity index (χ3n) is 3.18. The number of imidazole rings is 1. The second-order valence-corrected chi connectivity index (χ2v) is 4.50. The predicted molar refractivity (Wildman–Crippen MR) is 64.5 cm³/mol. The fraction of sp³-hybridized carbons (Fsp3) is 0.500. The van der Waals surface area contributed by atoms with E-state index in [0.717, 1.165) is 32.1 Å². The summed E-state index contributed by atoms with van der Waals surface area (Å²) >= 11 is 0. The molecule has 5 nitrogen and oxygen atoms in total. The standard InChI is InChI=1S/C12H14F2N4O/c13-10(14)9-7-17-11-12(16-4-5-18(9)11)19-8-2-1-3-15-6-8/h4-5,7-8,10,15H,1-3,6H2. The Morgan fingerprint density at radius 2 is 2.32 bits per heavy atom. The van der Waals surface area contributed by atoms with E-state index in [9.17, 15) is 8.78 Å². The molecule has 1 aliphatic heterocycles. The van der Waals surface area contributed by atoms with Gasteiger partial charge in [-0.2, -0.15) is 0 Å². The molecule has 102 valence electrons. The van der Waals surface area contributed by atoms with Crippen LogP contribution in [0.1, 0.15) is 25.0 Å². The average Bonchev–Trinajstić information content (AvgIpc) is 2.85. The normalized spacial score (nSPS) is 20.1. The Morgan fingerprint density at radius 3 is 3.05 bits per heavy atom. The number of nitrogens with zero attached hydrogens (tertiary/aromatic N) is 3. The Hall–Kier alpha value is -1.76. The Labute approximate surface area is 108 Å². The summed E-state index contributed by atoms with van der Waals surface area (Å²) in [7, 11) is 0. The topological polar surface area (TPSA) is 51.5 Å². The molecule has 2 aromatic heterocycles. The highest BCUT2D eigenvalue weighted by Gasteiger charge is 2.20. The molecule has 3 rings (SSSR count). The van der Waals surface area contributed by atoms with Crippen LogP contribution in [0.2, 0.25) is 0 Å². The summed E-state index contributed by atoms with van der Waals surface area (Å²) in [6, 6.07) is 0. The van der Waals surface area contributed by atoms with Gasteiger partial charge in [0.15, 0.2) is 0 Å². The van der Waals surface area contributed by atoms with Crippen molar-refractivity contribution >= 4 is 5.65 Å². The van der Waals surface area contributed by atoms with E-state index in [-0.39, 0.29) is 11.8 Å². The van der Waals surface area contributed by atoms with Gasteiger partial charge in [-0.15, -0.1) is 0 Å². The Balaban J connectivity index is 1.90. The number of rotatable bonds is 3. The van der Waals surface area contributed by atoms with Crippen LogP contribution < -0.4 is 10.1 Å². The largest absolute Gasteiger partial charge is 0.470 e. The lowest BCUT2D eigenvalue weighted by Gasteiger charge is -2.23. The van der Waals surface area contributed by atoms with Gasteiger partial charge in [-0.25, -0.2) is 18.7 Å². The van der Waals surface area contributed by atoms with Crippen LogP contribution in [-0.2, 0) is 0 Å². The van der Waals surface area contributed by atoms with Crippen molar-refractivity contribution in [2.24, 2.45) is 0 Å². The molecule has 1 aliphatic rings. The maximum atomic E-state index is 12.8. The highest BCUT2D eigenvalue weighted by molar-refractivity contribution is 5.50. The fourth-order valence-corrected chi connectivity index (χ4v) is 2.24. The third-order valence-corrected chi connectivity index (χ3v) is 3.18. The minimum atomic E-state index is -2.57. The van der Waals surface area contributed by atoms with Crippen molar-refractivity contribution in [2.45, 2.75) is 25.4 Å². The maximum Gasteiger partial charge on any atom is 0.280 e. The first-order valence-corrected chi connectivity index (χ1v) is 6.23. The second kappa shape index (κ2) is 5.08. The van der Waals surface area contributed by atoms with Gasteiger partial charge in [-0.1, -0.05) is 0 Å². The van der Waals surface area contributed by atoms with Crippen molar-refractivity contribution in [3.8, 4) is 5.88 Å². The minimum absolute atomic E-state index is 0.0131. The number of halogens is 2. The molecule has 0 saturated carbocycles. The molecule has 1 saturated heterocycles. The molecular weight excluding hydrogens is 254 g/mol. The molecule has 0 aromatic carbocycles. The molecule has 19 heavy (non-hydrogen) atoms. The average molecular weight is 268 g/mol. The smallest absolute Gasteiger partial charge is 0.280 e. The number of ether oxygens (including phenoxy) is 1. The molecule has 0 amide bonds. The van der Waals surface area contributed by atoms with E-state index in [1.54, 1.807) is 0 Å². The molecule has 1 fully saturated rings. The molecule has 1 atom stereocenters. The lowest BCUT2D eigenvalue weighted by atomic mass is 10.1. The number of piperidine rings is 1. The van der Waals surface area contributed by atoms with Gasteiger partial charge >= 0.3 is 0 Å². The van der Waals surface area contributed by atoms with Crippen LogP contribution in [0.15, 0.2) is 18.6 Å². The van der Waals surface area contributed by atoms with Gasteiger partial charge in [0, 0.05) is 18.9 Å². The monoisotopic (exact) mass is 268 g/mol. The van der Waals surface area contributed by atoms with Crippen LogP contribution in [0.5, 0.6) is 5.88 Å². The van der Waals surface area contributed by atoms with Gasteiger partial charge in [-0.3, -0.25) is 4.40 Å². The van der Waals surface area contributed by atoms with Gasteiger partial charge in [0.1, 0.15) is 11.8 Å². The van der Waals surface area contributed by atoms with E-state index >= 15 is 0 Å². The summed E-state index contributed by atoms with van der Waals surface area (Å²) < 4.78 is 32.7. The molecule has 1 unspecified atom stereocenters. The molecule has 0 radical (unpaired) electrons. The number of hydrogen-bond donors (Lipinski definition) is 1. The molecular formula is C12H14F2N4O. The first-order chi connectivity index (χ1) is 9.25. The Bertz CT molecular complexity index is 566. The van der Waals surface area contributed by atoms with E-state index in [4.69, 9.17) is 4.74 Å². The van der Waals surface area contributed by atoms with Gasteiger partial charge < -0.3 is 10.1 Å². The van der Waals surface area contributed by atoms with E-state index in [1.165, 1.54) is 16.8 Å². The van der Waals surface area contributed by atoms with Gasteiger partial charge in [0.2, 0.25) is 5.65 Å². The quantitative estimate of drug-likeness (QED) is 0.922.